The number of hydrogen-bond acceptors (Lipinski definition) is 7. The van der Waals surface area contributed by atoms with Crippen LogP contribution < -0.4 is 0 Å². The molecule has 3 unspecified atom stereocenters. The van der Waals surface area contributed by atoms with Gasteiger partial charge >= 0.3 is 5.97 Å². The van der Waals surface area contributed by atoms with E-state index < -0.39 is 24.0 Å². The molecule has 0 bridgehead atoms. The van der Waals surface area contributed by atoms with Crippen molar-refractivity contribution >= 4 is 5.97 Å². The van der Waals surface area contributed by atoms with E-state index in [1.165, 1.54) is 14.2 Å². The summed E-state index contributed by atoms with van der Waals surface area (Å²) in [5, 5.41) is 18.3. The predicted octanol–water partition coefficient (Wildman–Crippen LogP) is -0.631. The molecule has 0 aromatic carbocycles. The second-order valence-corrected chi connectivity index (χ2v) is 2.75. The van der Waals surface area contributed by atoms with Gasteiger partial charge in [0.1, 0.15) is 5.92 Å². The molecule has 3 atom stereocenters. The van der Waals surface area contributed by atoms with E-state index in [-0.39, 0.29) is 0 Å². The van der Waals surface area contributed by atoms with Gasteiger partial charge in [-0.15, -0.1) is 0 Å². The molecule has 1 saturated heterocycles. The van der Waals surface area contributed by atoms with Crippen LogP contribution in [0.5, 0.6) is 0 Å². The molecular weight excluding hydrogens is 202 g/mol. The highest BCUT2D eigenvalue weighted by Crippen LogP contribution is 2.27. The number of nitrogens with zero attached hydrogens (tertiary/aromatic N) is 3. The lowest BCUT2D eigenvalue weighted by Gasteiger charge is -2.17. The van der Waals surface area contributed by atoms with E-state index in [1.807, 2.05) is 6.07 Å². The van der Waals surface area contributed by atoms with Crippen molar-refractivity contribution in [2.75, 3.05) is 14.2 Å². The molecule has 0 N–H and O–H groups in total. The second kappa shape index (κ2) is 4.71. The van der Waals surface area contributed by atoms with Crippen molar-refractivity contribution in [1.29, 1.82) is 10.5 Å². The maximum Gasteiger partial charge on any atom is 0.329 e. The van der Waals surface area contributed by atoms with Gasteiger partial charge in [-0.2, -0.15) is 10.5 Å². The summed E-state index contributed by atoms with van der Waals surface area (Å²) in [6, 6.07) is 2.56. The van der Waals surface area contributed by atoms with Gasteiger partial charge in [0.05, 0.1) is 26.4 Å². The lowest BCUT2D eigenvalue weighted by molar-refractivity contribution is -0.348. The van der Waals surface area contributed by atoms with E-state index in [9.17, 15) is 4.79 Å². The molecule has 0 amide bonds. The van der Waals surface area contributed by atoms with Gasteiger partial charge < -0.3 is 4.74 Å². The lowest BCUT2D eigenvalue weighted by atomic mass is 9.98. The molecule has 0 aromatic heterocycles. The van der Waals surface area contributed by atoms with Gasteiger partial charge in [0.2, 0.25) is 0 Å². The van der Waals surface area contributed by atoms with Crippen LogP contribution >= 0.6 is 0 Å². The zero-order chi connectivity index (χ0) is 11.4. The summed E-state index contributed by atoms with van der Waals surface area (Å²) < 4.78 is 4.49. The maximum absolute atomic E-state index is 11.3. The Morgan fingerprint density at radius 3 is 2.47 bits per heavy atom. The molecule has 7 heteroatoms. The fourth-order valence-electron chi connectivity index (χ4n) is 1.29. The molecule has 80 valence electrons. The number of esters is 1. The average molecular weight is 211 g/mol. The quantitative estimate of drug-likeness (QED) is 0.561. The van der Waals surface area contributed by atoms with E-state index in [4.69, 9.17) is 20.2 Å². The van der Waals surface area contributed by atoms with Crippen LogP contribution in [-0.2, 0) is 19.2 Å². The monoisotopic (exact) mass is 211 g/mol. The zero-order valence-corrected chi connectivity index (χ0v) is 8.21. The summed E-state index contributed by atoms with van der Waals surface area (Å²) in [6.07, 6.45) is -1.03. The third-order valence-corrected chi connectivity index (χ3v) is 2.01. The maximum atomic E-state index is 11.3. The van der Waals surface area contributed by atoms with Crippen LogP contribution in [0.4, 0.5) is 0 Å². The average Bonchev–Trinajstić information content (AvgIpc) is 2.65. The van der Waals surface area contributed by atoms with E-state index in [2.05, 4.69) is 4.74 Å². The van der Waals surface area contributed by atoms with Crippen molar-refractivity contribution < 1.29 is 19.2 Å². The van der Waals surface area contributed by atoms with Crippen LogP contribution in [0.25, 0.3) is 0 Å². The molecule has 0 aliphatic carbocycles. The van der Waals surface area contributed by atoms with Crippen molar-refractivity contribution in [2.24, 2.45) is 5.92 Å². The Labute approximate surface area is 86.2 Å². The van der Waals surface area contributed by atoms with Crippen molar-refractivity contribution in [3.8, 4) is 12.1 Å². The Hall–Kier alpha value is -1.67. The molecular formula is C8H9N3O4. The molecule has 0 radical (unpaired) electrons. The molecule has 1 aliphatic rings. The van der Waals surface area contributed by atoms with Gasteiger partial charge in [-0.1, -0.05) is 0 Å². The van der Waals surface area contributed by atoms with Crippen molar-refractivity contribution in [1.82, 2.24) is 5.23 Å². The first-order valence-corrected chi connectivity index (χ1v) is 4.06. The highest BCUT2D eigenvalue weighted by atomic mass is 17.0. The van der Waals surface area contributed by atoms with Gasteiger partial charge in [0.25, 0.3) is 0 Å². The number of ether oxygens (including phenoxy) is 1. The van der Waals surface area contributed by atoms with Crippen LogP contribution in [0.3, 0.4) is 0 Å². The highest BCUT2D eigenvalue weighted by molar-refractivity contribution is 5.76. The molecule has 1 rings (SSSR count). The Morgan fingerprint density at radius 2 is 2.07 bits per heavy atom. The minimum atomic E-state index is -1.03. The summed E-state index contributed by atoms with van der Waals surface area (Å²) in [6.45, 7) is 0. The van der Waals surface area contributed by atoms with Crippen LogP contribution in [-0.4, -0.2) is 37.6 Å². The zero-order valence-electron chi connectivity index (χ0n) is 8.21. The summed E-state index contributed by atoms with van der Waals surface area (Å²) in [7, 11) is 2.45. The number of hydrogen-bond donors (Lipinski definition) is 0. The largest absolute Gasteiger partial charge is 0.468 e. The minimum Gasteiger partial charge on any atom is -0.468 e. The van der Waals surface area contributed by atoms with Crippen LogP contribution in [0.1, 0.15) is 0 Å². The number of rotatable bonds is 2. The summed E-state index contributed by atoms with van der Waals surface area (Å²) in [5.41, 5.74) is 0. The van der Waals surface area contributed by atoms with Gasteiger partial charge in [-0.05, 0) is 5.23 Å². The van der Waals surface area contributed by atoms with Crippen molar-refractivity contribution in [2.45, 2.75) is 12.1 Å². The van der Waals surface area contributed by atoms with Gasteiger partial charge in [-0.3, -0.25) is 14.5 Å². The molecule has 0 saturated carbocycles. The smallest absolute Gasteiger partial charge is 0.329 e. The fourth-order valence-corrected chi connectivity index (χ4v) is 1.29. The normalized spacial score (nSPS) is 30.5. The molecule has 1 aliphatic heterocycles. The molecule has 0 spiro atoms. The van der Waals surface area contributed by atoms with E-state index in [0.717, 1.165) is 5.23 Å². The fraction of sp³-hybridized carbons (Fsp3) is 0.625. The Bertz CT molecular complexity index is 332. The lowest BCUT2D eigenvalue weighted by Crippen LogP contribution is -2.39. The summed E-state index contributed by atoms with van der Waals surface area (Å²) in [4.78, 5) is 21.0. The topological polar surface area (TPSA) is 95.6 Å². The summed E-state index contributed by atoms with van der Waals surface area (Å²) >= 11 is 0. The SMILES string of the molecule is COC(=O)C1C(C#N)C(C#N)ON1OC. The molecule has 7 nitrogen and oxygen atoms in total. The van der Waals surface area contributed by atoms with Crippen LogP contribution in [0, 0.1) is 28.6 Å². The highest BCUT2D eigenvalue weighted by Gasteiger charge is 2.49. The Morgan fingerprint density at radius 1 is 1.40 bits per heavy atom. The van der Waals surface area contributed by atoms with E-state index in [1.54, 1.807) is 6.07 Å². The first-order valence-electron chi connectivity index (χ1n) is 4.06. The third kappa shape index (κ3) is 1.90. The number of methoxy groups -OCH3 is 1. The first kappa shape index (κ1) is 11.4. The Kier molecular flexibility index (Phi) is 3.58. The van der Waals surface area contributed by atoms with Crippen LogP contribution in [0.2, 0.25) is 0 Å². The first-order chi connectivity index (χ1) is 7.19. The molecule has 15 heavy (non-hydrogen) atoms. The van der Waals surface area contributed by atoms with E-state index in [0.29, 0.717) is 0 Å². The summed E-state index contributed by atoms with van der Waals surface area (Å²) in [5.74, 6) is -1.61. The van der Waals surface area contributed by atoms with Crippen molar-refractivity contribution in [3.63, 3.8) is 0 Å². The third-order valence-electron chi connectivity index (χ3n) is 2.01. The number of carbonyl (C=O) groups excluding carboxylic acids is 1. The van der Waals surface area contributed by atoms with Gasteiger partial charge in [0.15, 0.2) is 12.1 Å². The van der Waals surface area contributed by atoms with E-state index >= 15 is 0 Å². The van der Waals surface area contributed by atoms with Crippen molar-refractivity contribution in [3.05, 3.63) is 0 Å². The molecule has 1 fully saturated rings. The molecule has 1 heterocycles. The molecule has 0 aromatic rings. The van der Waals surface area contributed by atoms with Gasteiger partial charge in [-0.25, -0.2) is 0 Å². The standard InChI is InChI=1S/C8H9N3O4/c1-13-8(12)7-5(3-9)6(4-10)15-11(7)14-2/h5-7H,1-2H3. The number of hydroxylamine groups is 2. The second-order valence-electron chi connectivity index (χ2n) is 2.75. The number of carbonyl (C=O) groups is 1. The van der Waals surface area contributed by atoms with Crippen LogP contribution in [0.15, 0.2) is 0 Å². The minimum absolute atomic E-state index is 0.679. The predicted molar refractivity (Wildman–Crippen MR) is 44.2 cm³/mol. The number of nitriles is 2. The van der Waals surface area contributed by atoms with Gasteiger partial charge in [0, 0.05) is 0 Å². The Balaban J connectivity index is 2.94.